The standard InChI is InChI=1S/C25H28FN3O2/c1-2-29-17-25(31-16-24(29)30)8-11-28(12-9-25)15-21-6-5-19(13-22(21)26)20-4-3-18-7-10-27-23(18)14-20/h3-7,10,13-14,27H,2,8-9,11-12,15-17H2,1H3. The van der Waals surface area contributed by atoms with E-state index in [4.69, 9.17) is 4.74 Å². The number of rotatable bonds is 4. The average Bonchev–Trinajstić information content (AvgIpc) is 3.26. The molecule has 0 saturated carbocycles. The van der Waals surface area contributed by atoms with E-state index in [2.05, 4.69) is 22.0 Å². The van der Waals surface area contributed by atoms with E-state index >= 15 is 0 Å². The van der Waals surface area contributed by atoms with Gasteiger partial charge >= 0.3 is 0 Å². The Balaban J connectivity index is 1.24. The first-order valence-corrected chi connectivity index (χ1v) is 11.1. The van der Waals surface area contributed by atoms with E-state index in [0.717, 1.165) is 60.1 Å². The summed E-state index contributed by atoms with van der Waals surface area (Å²) in [7, 11) is 0. The highest BCUT2D eigenvalue weighted by atomic mass is 19.1. The predicted molar refractivity (Wildman–Crippen MR) is 119 cm³/mol. The monoisotopic (exact) mass is 421 g/mol. The van der Waals surface area contributed by atoms with Gasteiger partial charge in [-0.1, -0.05) is 24.3 Å². The summed E-state index contributed by atoms with van der Waals surface area (Å²) in [5.74, 6) is -0.0887. The summed E-state index contributed by atoms with van der Waals surface area (Å²) in [6, 6.07) is 13.7. The zero-order chi connectivity index (χ0) is 21.4. The van der Waals surface area contributed by atoms with Gasteiger partial charge in [-0.3, -0.25) is 9.69 Å². The van der Waals surface area contributed by atoms with Crippen LogP contribution >= 0.6 is 0 Å². The number of morpholine rings is 1. The molecule has 5 nitrogen and oxygen atoms in total. The predicted octanol–water partition coefficient (Wildman–Crippen LogP) is 4.19. The lowest BCUT2D eigenvalue weighted by atomic mass is 9.89. The van der Waals surface area contributed by atoms with Gasteiger partial charge in [0.1, 0.15) is 12.4 Å². The minimum Gasteiger partial charge on any atom is -0.363 e. The largest absolute Gasteiger partial charge is 0.363 e. The summed E-state index contributed by atoms with van der Waals surface area (Å²) in [5.41, 5.74) is 3.42. The number of H-pyrrole nitrogens is 1. The van der Waals surface area contributed by atoms with Crippen LogP contribution in [0.25, 0.3) is 22.0 Å². The lowest BCUT2D eigenvalue weighted by Crippen LogP contribution is -2.58. The molecule has 3 aromatic rings. The fourth-order valence-corrected chi connectivity index (χ4v) is 4.82. The molecule has 0 atom stereocenters. The van der Waals surface area contributed by atoms with Gasteiger partial charge in [-0.05, 0) is 54.5 Å². The van der Waals surface area contributed by atoms with Crippen LogP contribution in [-0.2, 0) is 16.1 Å². The van der Waals surface area contributed by atoms with Gasteiger partial charge < -0.3 is 14.6 Å². The van der Waals surface area contributed by atoms with E-state index in [-0.39, 0.29) is 23.9 Å². The van der Waals surface area contributed by atoms with Crippen LogP contribution in [0.3, 0.4) is 0 Å². The van der Waals surface area contributed by atoms with E-state index in [9.17, 15) is 9.18 Å². The number of piperidine rings is 1. The van der Waals surface area contributed by atoms with Crippen LogP contribution in [0.15, 0.2) is 48.7 Å². The minimum atomic E-state index is -0.237. The number of carbonyl (C=O) groups excluding carboxylic acids is 1. The van der Waals surface area contributed by atoms with Crippen molar-refractivity contribution in [2.75, 3.05) is 32.8 Å². The summed E-state index contributed by atoms with van der Waals surface area (Å²) in [6.07, 6.45) is 3.65. The minimum absolute atomic E-state index is 0.0770. The van der Waals surface area contributed by atoms with Crippen molar-refractivity contribution in [1.82, 2.24) is 14.8 Å². The van der Waals surface area contributed by atoms with E-state index in [1.54, 1.807) is 6.07 Å². The van der Waals surface area contributed by atoms with Gasteiger partial charge in [0.15, 0.2) is 0 Å². The first kappa shape index (κ1) is 20.2. The van der Waals surface area contributed by atoms with Crippen LogP contribution in [0.4, 0.5) is 4.39 Å². The quantitative estimate of drug-likeness (QED) is 0.687. The Morgan fingerprint density at radius 3 is 2.65 bits per heavy atom. The molecule has 31 heavy (non-hydrogen) atoms. The smallest absolute Gasteiger partial charge is 0.248 e. The van der Waals surface area contributed by atoms with Gasteiger partial charge in [0.05, 0.1) is 5.60 Å². The van der Waals surface area contributed by atoms with Crippen LogP contribution in [0.5, 0.6) is 0 Å². The molecule has 0 aliphatic carbocycles. The molecule has 0 bridgehead atoms. The first-order chi connectivity index (χ1) is 15.0. The van der Waals surface area contributed by atoms with Crippen molar-refractivity contribution in [1.29, 1.82) is 0 Å². The Morgan fingerprint density at radius 2 is 1.87 bits per heavy atom. The molecular weight excluding hydrogens is 393 g/mol. The molecule has 1 spiro atoms. The number of likely N-dealkylation sites (N-methyl/N-ethyl adjacent to an activating group) is 1. The molecule has 6 heteroatoms. The lowest BCUT2D eigenvalue weighted by Gasteiger charge is -2.46. The number of ether oxygens (including phenoxy) is 1. The number of aromatic amines is 1. The zero-order valence-corrected chi connectivity index (χ0v) is 17.9. The van der Waals surface area contributed by atoms with E-state index in [0.29, 0.717) is 13.1 Å². The molecule has 2 aliphatic heterocycles. The topological polar surface area (TPSA) is 48.6 Å². The van der Waals surface area contributed by atoms with Crippen molar-refractivity contribution < 1.29 is 13.9 Å². The Kier molecular flexibility index (Phi) is 5.28. The van der Waals surface area contributed by atoms with Gasteiger partial charge in [-0.15, -0.1) is 0 Å². The van der Waals surface area contributed by atoms with E-state index < -0.39 is 0 Å². The molecule has 162 valence electrons. The number of fused-ring (bicyclic) bond motifs is 1. The number of nitrogens with zero attached hydrogens (tertiary/aromatic N) is 2. The van der Waals surface area contributed by atoms with Crippen molar-refractivity contribution in [3.05, 3.63) is 60.0 Å². The maximum absolute atomic E-state index is 14.9. The average molecular weight is 422 g/mol. The van der Waals surface area contributed by atoms with Crippen LogP contribution in [-0.4, -0.2) is 59.1 Å². The van der Waals surface area contributed by atoms with E-state index in [1.807, 2.05) is 42.3 Å². The maximum atomic E-state index is 14.9. The molecule has 2 saturated heterocycles. The fraction of sp³-hybridized carbons (Fsp3) is 0.400. The summed E-state index contributed by atoms with van der Waals surface area (Å²) in [4.78, 5) is 19.3. The molecule has 3 heterocycles. The zero-order valence-electron chi connectivity index (χ0n) is 17.9. The van der Waals surface area contributed by atoms with Crippen LogP contribution in [0, 0.1) is 5.82 Å². The molecule has 2 aliphatic rings. The fourth-order valence-electron chi connectivity index (χ4n) is 4.82. The third-order valence-corrected chi connectivity index (χ3v) is 6.82. The number of halogens is 1. The molecule has 0 radical (unpaired) electrons. The first-order valence-electron chi connectivity index (χ1n) is 11.1. The number of hydrogen-bond acceptors (Lipinski definition) is 3. The number of likely N-dealkylation sites (tertiary alicyclic amines) is 1. The number of benzene rings is 2. The van der Waals surface area contributed by atoms with Crippen molar-refractivity contribution in [2.24, 2.45) is 0 Å². The Labute approximate surface area is 181 Å². The highest BCUT2D eigenvalue weighted by Crippen LogP contribution is 2.32. The van der Waals surface area contributed by atoms with Gasteiger partial charge in [0.25, 0.3) is 0 Å². The number of carbonyl (C=O) groups is 1. The van der Waals surface area contributed by atoms with E-state index in [1.165, 1.54) is 0 Å². The van der Waals surface area contributed by atoms with Gasteiger partial charge in [-0.25, -0.2) is 4.39 Å². The molecule has 1 aromatic heterocycles. The molecular formula is C25H28FN3O2. The maximum Gasteiger partial charge on any atom is 0.248 e. The van der Waals surface area contributed by atoms with Crippen LogP contribution in [0.2, 0.25) is 0 Å². The Morgan fingerprint density at radius 1 is 1.10 bits per heavy atom. The third kappa shape index (κ3) is 3.98. The van der Waals surface area contributed by atoms with Gasteiger partial charge in [-0.2, -0.15) is 0 Å². The summed E-state index contributed by atoms with van der Waals surface area (Å²) >= 11 is 0. The second-order valence-electron chi connectivity index (χ2n) is 8.74. The normalized spacial score (nSPS) is 19.4. The highest BCUT2D eigenvalue weighted by Gasteiger charge is 2.41. The van der Waals surface area contributed by atoms with Crippen molar-refractivity contribution in [2.45, 2.75) is 31.9 Å². The second kappa shape index (κ2) is 8.09. The Bertz CT molecular complexity index is 1100. The second-order valence-corrected chi connectivity index (χ2v) is 8.74. The number of hydrogen-bond donors (Lipinski definition) is 1. The summed E-state index contributed by atoms with van der Waals surface area (Å²) in [6.45, 7) is 5.86. The molecule has 2 fully saturated rings. The van der Waals surface area contributed by atoms with Gasteiger partial charge in [0.2, 0.25) is 5.91 Å². The number of amides is 1. The molecule has 1 N–H and O–H groups in total. The van der Waals surface area contributed by atoms with Crippen molar-refractivity contribution in [3.63, 3.8) is 0 Å². The van der Waals surface area contributed by atoms with Gasteiger partial charge in [0, 0.05) is 50.0 Å². The molecule has 2 aromatic carbocycles. The van der Waals surface area contributed by atoms with Crippen molar-refractivity contribution in [3.8, 4) is 11.1 Å². The Hall–Kier alpha value is -2.70. The number of nitrogens with one attached hydrogen (secondary N) is 1. The summed E-state index contributed by atoms with van der Waals surface area (Å²) in [5, 5.41) is 1.15. The molecule has 1 amide bonds. The molecule has 0 unspecified atom stereocenters. The van der Waals surface area contributed by atoms with Crippen molar-refractivity contribution >= 4 is 16.8 Å². The number of aromatic nitrogens is 1. The summed E-state index contributed by atoms with van der Waals surface area (Å²) < 4.78 is 20.9. The van der Waals surface area contributed by atoms with Crippen LogP contribution < -0.4 is 0 Å². The SMILES string of the molecule is CCN1CC2(CCN(Cc3ccc(-c4ccc5cc[nH]c5c4)cc3F)CC2)OCC1=O. The lowest BCUT2D eigenvalue weighted by molar-refractivity contribution is -0.171. The molecule has 5 rings (SSSR count). The highest BCUT2D eigenvalue weighted by molar-refractivity contribution is 5.84. The third-order valence-electron chi connectivity index (χ3n) is 6.82. The van der Waals surface area contributed by atoms with Crippen LogP contribution in [0.1, 0.15) is 25.3 Å².